The number of urea groups is 1. The van der Waals surface area contributed by atoms with Gasteiger partial charge in [0.05, 0.1) is 0 Å². The molecule has 0 bridgehead atoms. The van der Waals surface area contributed by atoms with Gasteiger partial charge in [-0.05, 0) is 103 Å². The number of likely N-dealkylation sites (N-methyl/N-ethyl adjacent to an activating group) is 1. The lowest BCUT2D eigenvalue weighted by atomic mass is 9.88. The summed E-state index contributed by atoms with van der Waals surface area (Å²) in [5, 5.41) is 4.00. The van der Waals surface area contributed by atoms with Gasteiger partial charge in [-0.1, -0.05) is 88.7 Å². The van der Waals surface area contributed by atoms with E-state index in [2.05, 4.69) is 103 Å². The van der Waals surface area contributed by atoms with Gasteiger partial charge in [-0.3, -0.25) is 14.6 Å². The third-order valence-corrected chi connectivity index (χ3v) is 9.03. The van der Waals surface area contributed by atoms with Crippen LogP contribution in [0, 0.1) is 0 Å². The number of aromatic amines is 1. The van der Waals surface area contributed by atoms with Crippen molar-refractivity contribution < 1.29 is 9.53 Å². The summed E-state index contributed by atoms with van der Waals surface area (Å²) in [6, 6.07) is 28.1. The first kappa shape index (κ1) is 37.1. The Balaban J connectivity index is 1.42. The Kier molecular flexibility index (Phi) is 12.5. The van der Waals surface area contributed by atoms with Crippen LogP contribution in [0.15, 0.2) is 108 Å². The zero-order valence-corrected chi connectivity index (χ0v) is 31.0. The monoisotopic (exact) mass is 685 g/mol. The smallest absolute Gasteiger partial charge is 0.326 e. The number of benzene rings is 3. The highest BCUT2D eigenvalue weighted by Crippen LogP contribution is 2.38. The van der Waals surface area contributed by atoms with Gasteiger partial charge in [0.15, 0.2) is 0 Å². The van der Waals surface area contributed by atoms with Gasteiger partial charge >= 0.3 is 6.03 Å². The van der Waals surface area contributed by atoms with Gasteiger partial charge in [-0.25, -0.2) is 9.78 Å². The van der Waals surface area contributed by atoms with Crippen LogP contribution in [0.2, 0.25) is 0 Å². The Labute approximate surface area is 302 Å². The third-order valence-electron chi connectivity index (χ3n) is 9.03. The molecule has 51 heavy (non-hydrogen) atoms. The summed E-state index contributed by atoms with van der Waals surface area (Å²) in [5.41, 5.74) is 7.64. The maximum Gasteiger partial charge on any atom is 0.326 e. The van der Waals surface area contributed by atoms with Gasteiger partial charge < -0.3 is 15.0 Å². The number of hydrogen-bond acceptors (Lipinski definition) is 5. The minimum absolute atomic E-state index is 0.114. The highest BCUT2D eigenvalue weighted by Gasteiger charge is 2.24. The number of aromatic nitrogens is 2. The van der Waals surface area contributed by atoms with Crippen LogP contribution in [-0.2, 0) is 6.54 Å². The normalized spacial score (nSPS) is 11.3. The summed E-state index contributed by atoms with van der Waals surface area (Å²) in [6.45, 7) is 18.2. The van der Waals surface area contributed by atoms with Crippen molar-refractivity contribution >= 4 is 28.4 Å². The quantitative estimate of drug-likeness (QED) is 0.114. The minimum Gasteiger partial charge on any atom is -0.492 e. The highest BCUT2D eigenvalue weighted by atomic mass is 16.5. The van der Waals surface area contributed by atoms with E-state index in [0.717, 1.165) is 64.3 Å². The molecule has 0 unspecified atom stereocenters. The summed E-state index contributed by atoms with van der Waals surface area (Å²) in [4.78, 5) is 38.5. The number of amides is 2. The topological polar surface area (TPSA) is 90.6 Å². The summed E-state index contributed by atoms with van der Waals surface area (Å²) < 4.78 is 6.27. The number of carbonyl (C=O) groups is 1. The molecule has 0 aliphatic rings. The molecule has 266 valence electrons. The van der Waals surface area contributed by atoms with E-state index < -0.39 is 0 Å². The Morgan fingerprint density at radius 2 is 1.63 bits per heavy atom. The van der Waals surface area contributed by atoms with E-state index in [4.69, 9.17) is 4.74 Å². The Morgan fingerprint density at radius 3 is 2.29 bits per heavy atom. The molecular weight excluding hydrogens is 635 g/mol. The first-order valence-electron chi connectivity index (χ1n) is 17.9. The molecule has 2 N–H and O–H groups in total. The van der Waals surface area contributed by atoms with E-state index in [-0.39, 0.29) is 35.7 Å². The van der Waals surface area contributed by atoms with Crippen LogP contribution in [0.3, 0.4) is 0 Å². The number of carbonyl (C=O) groups excluding carboxylic acids is 1. The predicted octanol–water partition coefficient (Wildman–Crippen LogP) is 9.74. The molecule has 0 fully saturated rings. The summed E-state index contributed by atoms with van der Waals surface area (Å²) in [6.07, 6.45) is 3.58. The van der Waals surface area contributed by atoms with Crippen molar-refractivity contribution in [2.75, 3.05) is 36.5 Å². The molecule has 5 rings (SSSR count). The van der Waals surface area contributed by atoms with E-state index in [1.807, 2.05) is 50.3 Å². The van der Waals surface area contributed by atoms with Gasteiger partial charge in [0.25, 0.3) is 5.56 Å². The lowest BCUT2D eigenvalue weighted by molar-refractivity contribution is 0.210. The molecule has 5 aromatic rings. The number of rotatable bonds is 14. The Morgan fingerprint density at radius 1 is 0.902 bits per heavy atom. The fourth-order valence-electron chi connectivity index (χ4n) is 6.12. The number of allylic oxidation sites excluding steroid dienone is 1. The van der Waals surface area contributed by atoms with E-state index in [1.54, 1.807) is 12.3 Å². The lowest BCUT2D eigenvalue weighted by Gasteiger charge is -2.26. The van der Waals surface area contributed by atoms with E-state index in [9.17, 15) is 9.59 Å². The van der Waals surface area contributed by atoms with E-state index in [0.29, 0.717) is 12.3 Å². The Bertz CT molecular complexity index is 2000. The molecule has 3 aromatic carbocycles. The second-order valence-electron chi connectivity index (χ2n) is 13.8. The van der Waals surface area contributed by atoms with Crippen LogP contribution < -0.4 is 20.5 Å². The molecule has 0 aliphatic carbocycles. The van der Waals surface area contributed by atoms with Crippen LogP contribution in [0.4, 0.5) is 16.2 Å². The second kappa shape index (κ2) is 17.1. The highest BCUT2D eigenvalue weighted by molar-refractivity contribution is 6.04. The molecule has 0 radical (unpaired) electrons. The summed E-state index contributed by atoms with van der Waals surface area (Å²) in [5.74, 6) is 1.05. The molecule has 2 aromatic heterocycles. The second-order valence-corrected chi connectivity index (χ2v) is 13.8. The maximum atomic E-state index is 14.2. The third kappa shape index (κ3) is 9.52. The van der Waals surface area contributed by atoms with Gasteiger partial charge in [0.1, 0.15) is 23.7 Å². The molecule has 0 atom stereocenters. The van der Waals surface area contributed by atoms with Crippen molar-refractivity contribution in [3.05, 3.63) is 130 Å². The average molecular weight is 686 g/mol. The number of nitrogens with zero attached hydrogens (tertiary/aromatic N) is 3. The number of nitrogens with one attached hydrogen (secondary N) is 2. The Hall–Kier alpha value is -5.21. The molecule has 0 spiro atoms. The first-order chi connectivity index (χ1) is 24.5. The van der Waals surface area contributed by atoms with Crippen LogP contribution in [0.25, 0.3) is 22.2 Å². The largest absolute Gasteiger partial charge is 0.492 e. The summed E-state index contributed by atoms with van der Waals surface area (Å²) >= 11 is 0. The predicted molar refractivity (Wildman–Crippen MR) is 211 cm³/mol. The fraction of sp³-hybridized carbons (Fsp3) is 0.326. The van der Waals surface area contributed by atoms with Crippen molar-refractivity contribution in [2.24, 2.45) is 0 Å². The van der Waals surface area contributed by atoms with Crippen molar-refractivity contribution in [1.82, 2.24) is 14.9 Å². The number of hydrogen-bond donors (Lipinski definition) is 2. The van der Waals surface area contributed by atoms with E-state index >= 15 is 0 Å². The van der Waals surface area contributed by atoms with Crippen LogP contribution in [0.1, 0.15) is 77.0 Å². The van der Waals surface area contributed by atoms with Gasteiger partial charge in [-0.15, -0.1) is 0 Å². The molecule has 2 amide bonds. The lowest BCUT2D eigenvalue weighted by Crippen LogP contribution is -2.39. The van der Waals surface area contributed by atoms with Crippen molar-refractivity contribution in [3.8, 4) is 16.9 Å². The number of anilines is 2. The molecule has 2 heterocycles. The molecule has 0 aliphatic heterocycles. The molecule has 0 saturated carbocycles. The standard InChI is InChI=1S/C43H51N5O3/c1-8-47(28-32-14-10-9-11-15-32)22-23-51-36-18-12-16-33(24-36)35-25-37(30(4)5)40(38(26-35)31(6)7)45-43(50)48(21-19-29(2)3)39-27-34-17-13-20-44-41(34)46-42(39)49/h9-20,24-27,30-31H,8,21-23,28H2,1-7H3,(H,45,50)(H,44,46,49). The SMILES string of the molecule is CCN(CCOc1cccc(-c2cc(C(C)C)c(NC(=O)N(CC=C(C)C)c3cc4cccnc4[nH]c3=O)c(C(C)C)c2)c1)Cc1ccccc1. The zero-order valence-electron chi connectivity index (χ0n) is 31.0. The molecular formula is C43H51N5O3. The van der Waals surface area contributed by atoms with Crippen molar-refractivity contribution in [2.45, 2.75) is 66.8 Å². The summed E-state index contributed by atoms with van der Waals surface area (Å²) in [7, 11) is 0. The van der Waals surface area contributed by atoms with Crippen LogP contribution >= 0.6 is 0 Å². The minimum atomic E-state index is -0.374. The molecule has 8 heteroatoms. The fourth-order valence-corrected chi connectivity index (χ4v) is 6.12. The number of pyridine rings is 2. The molecule has 8 nitrogen and oxygen atoms in total. The average Bonchev–Trinajstić information content (AvgIpc) is 3.11. The van der Waals surface area contributed by atoms with Crippen LogP contribution in [0.5, 0.6) is 5.75 Å². The van der Waals surface area contributed by atoms with Crippen molar-refractivity contribution in [1.29, 1.82) is 0 Å². The first-order valence-corrected chi connectivity index (χ1v) is 17.9. The number of H-pyrrole nitrogens is 1. The van der Waals surface area contributed by atoms with Gasteiger partial charge in [0, 0.05) is 36.9 Å². The van der Waals surface area contributed by atoms with Gasteiger partial charge in [0.2, 0.25) is 0 Å². The van der Waals surface area contributed by atoms with E-state index in [1.165, 1.54) is 10.5 Å². The van der Waals surface area contributed by atoms with Gasteiger partial charge in [-0.2, -0.15) is 0 Å². The van der Waals surface area contributed by atoms with Crippen LogP contribution in [-0.4, -0.2) is 47.1 Å². The maximum absolute atomic E-state index is 14.2. The molecule has 0 saturated heterocycles. The van der Waals surface area contributed by atoms with Crippen molar-refractivity contribution in [3.63, 3.8) is 0 Å². The number of ether oxygens (including phenoxy) is 1. The zero-order chi connectivity index (χ0) is 36.5. The number of fused-ring (bicyclic) bond motifs is 1.